The SMILES string of the molecule is CCCNC(=O)C(CC)N(Cc1ccccc1Cl)C(=O)CCCOc1ccc(C)cc1. The number of nitrogens with one attached hydrogen (secondary N) is 1. The molecule has 0 spiro atoms. The van der Waals surface area contributed by atoms with Crippen molar-refractivity contribution < 1.29 is 14.3 Å². The quantitative estimate of drug-likeness (QED) is 0.461. The molecule has 168 valence electrons. The van der Waals surface area contributed by atoms with Crippen LogP contribution in [0.5, 0.6) is 5.75 Å². The highest BCUT2D eigenvalue weighted by atomic mass is 35.5. The van der Waals surface area contributed by atoms with Crippen LogP contribution in [0, 0.1) is 6.92 Å². The molecule has 2 rings (SSSR count). The van der Waals surface area contributed by atoms with Crippen molar-refractivity contribution in [3.63, 3.8) is 0 Å². The third-order valence-corrected chi connectivity index (χ3v) is 5.43. The molecule has 1 atom stereocenters. The molecule has 0 saturated carbocycles. The molecule has 0 heterocycles. The topological polar surface area (TPSA) is 58.6 Å². The Bertz CT molecular complexity index is 839. The maximum absolute atomic E-state index is 13.1. The second-order valence-electron chi connectivity index (χ2n) is 7.59. The van der Waals surface area contributed by atoms with E-state index >= 15 is 0 Å². The van der Waals surface area contributed by atoms with Crippen LogP contribution in [0.3, 0.4) is 0 Å². The number of hydrogen-bond acceptors (Lipinski definition) is 3. The van der Waals surface area contributed by atoms with E-state index in [0.717, 1.165) is 17.7 Å². The Morgan fingerprint density at radius 1 is 1.10 bits per heavy atom. The zero-order valence-electron chi connectivity index (χ0n) is 18.7. The lowest BCUT2D eigenvalue weighted by molar-refractivity contribution is -0.141. The Labute approximate surface area is 190 Å². The van der Waals surface area contributed by atoms with Gasteiger partial charge in [0.1, 0.15) is 11.8 Å². The van der Waals surface area contributed by atoms with Crippen LogP contribution in [0.15, 0.2) is 48.5 Å². The van der Waals surface area contributed by atoms with E-state index in [0.29, 0.717) is 44.0 Å². The smallest absolute Gasteiger partial charge is 0.242 e. The van der Waals surface area contributed by atoms with Gasteiger partial charge >= 0.3 is 0 Å². The fourth-order valence-corrected chi connectivity index (χ4v) is 3.48. The van der Waals surface area contributed by atoms with Gasteiger partial charge < -0.3 is 15.0 Å². The molecule has 0 saturated heterocycles. The molecule has 0 aromatic heterocycles. The molecule has 0 fully saturated rings. The Morgan fingerprint density at radius 2 is 1.81 bits per heavy atom. The minimum Gasteiger partial charge on any atom is -0.494 e. The molecule has 2 amide bonds. The molecule has 6 heteroatoms. The third kappa shape index (κ3) is 7.91. The molecule has 1 N–H and O–H groups in total. The van der Waals surface area contributed by atoms with Crippen LogP contribution in [-0.2, 0) is 16.1 Å². The number of amides is 2. The molecular weight excluding hydrogens is 412 g/mol. The van der Waals surface area contributed by atoms with Gasteiger partial charge in [0.15, 0.2) is 0 Å². The van der Waals surface area contributed by atoms with E-state index in [-0.39, 0.29) is 11.8 Å². The Morgan fingerprint density at radius 3 is 2.45 bits per heavy atom. The zero-order chi connectivity index (χ0) is 22.6. The molecule has 0 radical (unpaired) electrons. The predicted octanol–water partition coefficient (Wildman–Crippen LogP) is 5.14. The summed E-state index contributed by atoms with van der Waals surface area (Å²) in [6.07, 6.45) is 2.25. The van der Waals surface area contributed by atoms with Crippen LogP contribution in [0.4, 0.5) is 0 Å². The van der Waals surface area contributed by atoms with E-state index in [1.807, 2.05) is 63.2 Å². The number of carbonyl (C=O) groups is 2. The number of rotatable bonds is 12. The van der Waals surface area contributed by atoms with Crippen molar-refractivity contribution in [3.05, 3.63) is 64.7 Å². The molecule has 1 unspecified atom stereocenters. The second kappa shape index (κ2) is 13.0. The lowest BCUT2D eigenvalue weighted by Gasteiger charge is -2.31. The summed E-state index contributed by atoms with van der Waals surface area (Å²) in [5.41, 5.74) is 2.00. The maximum atomic E-state index is 13.1. The van der Waals surface area contributed by atoms with Gasteiger partial charge in [-0.15, -0.1) is 0 Å². The van der Waals surface area contributed by atoms with Crippen molar-refractivity contribution in [2.24, 2.45) is 0 Å². The first-order chi connectivity index (χ1) is 15.0. The van der Waals surface area contributed by atoms with Crippen LogP contribution in [0.2, 0.25) is 5.02 Å². The highest BCUT2D eigenvalue weighted by Gasteiger charge is 2.28. The van der Waals surface area contributed by atoms with Crippen molar-refractivity contribution in [2.45, 2.75) is 59.0 Å². The molecule has 31 heavy (non-hydrogen) atoms. The van der Waals surface area contributed by atoms with E-state index < -0.39 is 6.04 Å². The van der Waals surface area contributed by atoms with Gasteiger partial charge in [0.05, 0.1) is 6.61 Å². The predicted molar refractivity (Wildman–Crippen MR) is 125 cm³/mol. The summed E-state index contributed by atoms with van der Waals surface area (Å²) in [5.74, 6) is 0.586. The highest BCUT2D eigenvalue weighted by molar-refractivity contribution is 6.31. The van der Waals surface area contributed by atoms with Crippen LogP contribution < -0.4 is 10.1 Å². The minimum absolute atomic E-state index is 0.0778. The molecular formula is C25H33ClN2O3. The van der Waals surface area contributed by atoms with Gasteiger partial charge in [0.25, 0.3) is 0 Å². The van der Waals surface area contributed by atoms with Crippen molar-refractivity contribution in [2.75, 3.05) is 13.2 Å². The average molecular weight is 445 g/mol. The number of ether oxygens (including phenoxy) is 1. The molecule has 5 nitrogen and oxygen atoms in total. The van der Waals surface area contributed by atoms with Crippen molar-refractivity contribution in [3.8, 4) is 5.75 Å². The Balaban J connectivity index is 2.04. The highest BCUT2D eigenvalue weighted by Crippen LogP contribution is 2.21. The van der Waals surface area contributed by atoms with Gasteiger partial charge in [-0.3, -0.25) is 9.59 Å². The molecule has 2 aromatic carbocycles. The summed E-state index contributed by atoms with van der Waals surface area (Å²) in [6, 6.07) is 14.7. The van der Waals surface area contributed by atoms with Crippen molar-refractivity contribution in [1.82, 2.24) is 10.2 Å². The normalized spacial score (nSPS) is 11.6. The van der Waals surface area contributed by atoms with E-state index in [4.69, 9.17) is 16.3 Å². The van der Waals surface area contributed by atoms with Crippen LogP contribution in [-0.4, -0.2) is 35.9 Å². The second-order valence-corrected chi connectivity index (χ2v) is 8.00. The number of aryl methyl sites for hydroxylation is 1. The van der Waals surface area contributed by atoms with Crippen molar-refractivity contribution in [1.29, 1.82) is 0 Å². The van der Waals surface area contributed by atoms with Gasteiger partial charge in [0, 0.05) is 24.5 Å². The van der Waals surface area contributed by atoms with Gasteiger partial charge in [-0.2, -0.15) is 0 Å². The van der Waals surface area contributed by atoms with Gasteiger partial charge in [-0.05, 0) is 49.9 Å². The summed E-state index contributed by atoms with van der Waals surface area (Å²) < 4.78 is 5.74. The summed E-state index contributed by atoms with van der Waals surface area (Å²) in [6.45, 7) is 7.28. The summed E-state index contributed by atoms with van der Waals surface area (Å²) in [7, 11) is 0. The first kappa shape index (κ1) is 24.7. The maximum Gasteiger partial charge on any atom is 0.242 e. The molecule has 0 aliphatic rings. The zero-order valence-corrected chi connectivity index (χ0v) is 19.5. The lowest BCUT2D eigenvalue weighted by Crippen LogP contribution is -2.49. The molecule has 0 aliphatic heterocycles. The van der Waals surface area contributed by atoms with Crippen LogP contribution in [0.25, 0.3) is 0 Å². The number of hydrogen-bond donors (Lipinski definition) is 1. The van der Waals surface area contributed by atoms with E-state index in [9.17, 15) is 9.59 Å². The van der Waals surface area contributed by atoms with Crippen LogP contribution in [0.1, 0.15) is 50.7 Å². The number of nitrogens with zero attached hydrogens (tertiary/aromatic N) is 1. The fourth-order valence-electron chi connectivity index (χ4n) is 3.29. The number of carbonyl (C=O) groups excluding carboxylic acids is 2. The monoisotopic (exact) mass is 444 g/mol. The van der Waals surface area contributed by atoms with Crippen LogP contribution >= 0.6 is 11.6 Å². The van der Waals surface area contributed by atoms with Gasteiger partial charge in [-0.25, -0.2) is 0 Å². The van der Waals surface area contributed by atoms with Crippen molar-refractivity contribution >= 4 is 23.4 Å². The number of benzene rings is 2. The molecule has 2 aromatic rings. The first-order valence-electron chi connectivity index (χ1n) is 11.0. The standard InChI is InChI=1S/C25H33ClN2O3/c1-4-16-27-25(30)23(5-2)28(18-20-9-6-7-10-22(20)26)24(29)11-8-17-31-21-14-12-19(3)13-15-21/h6-7,9-10,12-15,23H,4-5,8,11,16-18H2,1-3H3,(H,27,30). The first-order valence-corrected chi connectivity index (χ1v) is 11.3. The fraction of sp³-hybridized carbons (Fsp3) is 0.440. The minimum atomic E-state index is -0.534. The average Bonchev–Trinajstić information content (AvgIpc) is 2.77. The van der Waals surface area contributed by atoms with E-state index in [2.05, 4.69) is 5.32 Å². The third-order valence-electron chi connectivity index (χ3n) is 5.06. The number of halogens is 1. The summed E-state index contributed by atoms with van der Waals surface area (Å²) >= 11 is 6.33. The Hall–Kier alpha value is -2.53. The van der Waals surface area contributed by atoms with E-state index in [1.165, 1.54) is 5.56 Å². The Kier molecular flexibility index (Phi) is 10.4. The summed E-state index contributed by atoms with van der Waals surface area (Å²) in [5, 5.41) is 3.51. The molecule has 0 bridgehead atoms. The van der Waals surface area contributed by atoms with Gasteiger partial charge in [-0.1, -0.05) is 61.3 Å². The molecule has 0 aliphatic carbocycles. The largest absolute Gasteiger partial charge is 0.494 e. The van der Waals surface area contributed by atoms with E-state index in [1.54, 1.807) is 11.0 Å². The lowest BCUT2D eigenvalue weighted by atomic mass is 10.1. The van der Waals surface area contributed by atoms with Gasteiger partial charge in [0.2, 0.25) is 11.8 Å². The summed E-state index contributed by atoms with van der Waals surface area (Å²) in [4.78, 5) is 27.5.